The molecule has 0 aromatic carbocycles. The number of anilines is 1. The lowest BCUT2D eigenvalue weighted by Crippen LogP contribution is -2.35. The molecule has 106 valence electrons. The van der Waals surface area contributed by atoms with Crippen molar-refractivity contribution in [2.45, 2.75) is 19.5 Å². The van der Waals surface area contributed by atoms with E-state index in [4.69, 9.17) is 0 Å². The third-order valence-corrected chi connectivity index (χ3v) is 3.26. The molecule has 0 spiro atoms. The van der Waals surface area contributed by atoms with Crippen LogP contribution in [0, 0.1) is 5.92 Å². The third kappa shape index (κ3) is 4.63. The highest BCUT2D eigenvalue weighted by Gasteiger charge is 2.16. The minimum Gasteiger partial charge on any atom is -0.433 e. The standard InChI is InChI=1S/C13H19F2N3O/c1-18-6-2-3-10(9-18)7-16-12-5-4-11(8-17-12)19-13(14)15/h4-5,8,10,13H,2-3,6-7,9H2,1H3,(H,16,17). The van der Waals surface area contributed by atoms with Crippen LogP contribution in [-0.4, -0.2) is 43.2 Å². The maximum Gasteiger partial charge on any atom is 0.387 e. The smallest absolute Gasteiger partial charge is 0.387 e. The molecule has 2 rings (SSSR count). The minimum absolute atomic E-state index is 0.0814. The van der Waals surface area contributed by atoms with Gasteiger partial charge in [-0.25, -0.2) is 4.98 Å². The van der Waals surface area contributed by atoms with Crippen molar-refractivity contribution in [1.29, 1.82) is 0 Å². The SMILES string of the molecule is CN1CCCC(CNc2ccc(OC(F)F)cn2)C1. The average Bonchev–Trinajstić information content (AvgIpc) is 2.37. The second-order valence-corrected chi connectivity index (χ2v) is 4.91. The van der Waals surface area contributed by atoms with Crippen LogP contribution in [0.2, 0.25) is 0 Å². The van der Waals surface area contributed by atoms with Gasteiger partial charge in [0.15, 0.2) is 0 Å². The van der Waals surface area contributed by atoms with Crippen molar-refractivity contribution in [3.8, 4) is 5.75 Å². The van der Waals surface area contributed by atoms with E-state index in [1.54, 1.807) is 6.07 Å². The van der Waals surface area contributed by atoms with Crippen molar-refractivity contribution in [2.24, 2.45) is 5.92 Å². The first-order valence-electron chi connectivity index (χ1n) is 6.47. The average molecular weight is 271 g/mol. The van der Waals surface area contributed by atoms with Crippen LogP contribution in [0.5, 0.6) is 5.75 Å². The predicted molar refractivity (Wildman–Crippen MR) is 69.6 cm³/mol. The summed E-state index contributed by atoms with van der Waals surface area (Å²) in [5.74, 6) is 1.38. The number of pyridine rings is 1. The Bertz CT molecular complexity index is 386. The molecule has 0 bridgehead atoms. The number of ether oxygens (including phenoxy) is 1. The fourth-order valence-corrected chi connectivity index (χ4v) is 2.35. The molecule has 1 fully saturated rings. The molecule has 6 heteroatoms. The van der Waals surface area contributed by atoms with Gasteiger partial charge in [-0.2, -0.15) is 8.78 Å². The summed E-state index contributed by atoms with van der Waals surface area (Å²) in [6.07, 6.45) is 3.74. The van der Waals surface area contributed by atoms with Crippen LogP contribution < -0.4 is 10.1 Å². The molecule has 0 amide bonds. The van der Waals surface area contributed by atoms with Gasteiger partial charge < -0.3 is 15.0 Å². The van der Waals surface area contributed by atoms with E-state index in [9.17, 15) is 8.78 Å². The minimum atomic E-state index is -2.81. The highest BCUT2D eigenvalue weighted by Crippen LogP contribution is 2.17. The van der Waals surface area contributed by atoms with E-state index in [0.717, 1.165) is 19.6 Å². The van der Waals surface area contributed by atoms with Crippen molar-refractivity contribution >= 4 is 5.82 Å². The molecule has 1 aromatic rings. The number of rotatable bonds is 5. The topological polar surface area (TPSA) is 37.4 Å². The molecule has 1 aliphatic rings. The molecule has 19 heavy (non-hydrogen) atoms. The van der Waals surface area contributed by atoms with Crippen molar-refractivity contribution < 1.29 is 13.5 Å². The number of halogens is 2. The largest absolute Gasteiger partial charge is 0.433 e. The number of hydrogen-bond acceptors (Lipinski definition) is 4. The van der Waals surface area contributed by atoms with E-state index in [1.165, 1.54) is 25.1 Å². The summed E-state index contributed by atoms with van der Waals surface area (Å²) >= 11 is 0. The summed E-state index contributed by atoms with van der Waals surface area (Å²) in [4.78, 5) is 6.37. The molecule has 1 aromatic heterocycles. The lowest BCUT2D eigenvalue weighted by Gasteiger charge is -2.29. The molecule has 4 nitrogen and oxygen atoms in total. The highest BCUT2D eigenvalue weighted by molar-refractivity contribution is 5.37. The second kappa shape index (κ2) is 6.65. The summed E-state index contributed by atoms with van der Waals surface area (Å²) < 4.78 is 28.2. The van der Waals surface area contributed by atoms with Gasteiger partial charge in [0, 0.05) is 13.1 Å². The molecular weight excluding hydrogens is 252 g/mol. The number of aromatic nitrogens is 1. The molecule has 1 atom stereocenters. The van der Waals surface area contributed by atoms with Gasteiger partial charge in [-0.05, 0) is 44.5 Å². The number of alkyl halides is 2. The lowest BCUT2D eigenvalue weighted by atomic mass is 9.98. The Hall–Kier alpha value is -1.43. The molecule has 1 N–H and O–H groups in total. The Balaban J connectivity index is 1.79. The van der Waals surface area contributed by atoms with Crippen molar-refractivity contribution in [1.82, 2.24) is 9.88 Å². The second-order valence-electron chi connectivity index (χ2n) is 4.91. The fraction of sp³-hybridized carbons (Fsp3) is 0.615. The van der Waals surface area contributed by atoms with Gasteiger partial charge >= 0.3 is 6.61 Å². The third-order valence-electron chi connectivity index (χ3n) is 3.26. The van der Waals surface area contributed by atoms with E-state index in [-0.39, 0.29) is 5.75 Å². The quantitative estimate of drug-likeness (QED) is 0.892. The first-order chi connectivity index (χ1) is 9.13. The van der Waals surface area contributed by atoms with E-state index in [1.807, 2.05) is 0 Å². The molecule has 1 saturated heterocycles. The van der Waals surface area contributed by atoms with E-state index in [0.29, 0.717) is 11.7 Å². The first kappa shape index (κ1) is 14.0. The zero-order chi connectivity index (χ0) is 13.7. The van der Waals surface area contributed by atoms with Crippen LogP contribution in [0.25, 0.3) is 0 Å². The predicted octanol–water partition coefficient (Wildman–Crippen LogP) is 2.44. The molecular formula is C13H19F2N3O. The number of piperidine rings is 1. The van der Waals surface area contributed by atoms with E-state index < -0.39 is 6.61 Å². The molecule has 0 saturated carbocycles. The number of nitrogens with one attached hydrogen (secondary N) is 1. The lowest BCUT2D eigenvalue weighted by molar-refractivity contribution is -0.0500. The van der Waals surface area contributed by atoms with Crippen molar-refractivity contribution in [2.75, 3.05) is 32.0 Å². The van der Waals surface area contributed by atoms with Gasteiger partial charge in [0.05, 0.1) is 6.20 Å². The van der Waals surface area contributed by atoms with Gasteiger partial charge in [0.1, 0.15) is 11.6 Å². The molecule has 1 aliphatic heterocycles. The fourth-order valence-electron chi connectivity index (χ4n) is 2.35. The van der Waals surface area contributed by atoms with Gasteiger partial charge in [0.25, 0.3) is 0 Å². The number of nitrogens with zero attached hydrogens (tertiary/aromatic N) is 2. The van der Waals surface area contributed by atoms with Crippen LogP contribution in [0.4, 0.5) is 14.6 Å². The molecule has 2 heterocycles. The maximum absolute atomic E-state index is 12.0. The zero-order valence-corrected chi connectivity index (χ0v) is 11.0. The maximum atomic E-state index is 12.0. The zero-order valence-electron chi connectivity index (χ0n) is 11.0. The van der Waals surface area contributed by atoms with Crippen molar-refractivity contribution in [3.63, 3.8) is 0 Å². The first-order valence-corrected chi connectivity index (χ1v) is 6.47. The Labute approximate surface area is 111 Å². The number of likely N-dealkylation sites (tertiary alicyclic amines) is 1. The Morgan fingerprint density at radius 2 is 2.37 bits per heavy atom. The summed E-state index contributed by atoms with van der Waals surface area (Å²) in [5, 5.41) is 3.23. The normalized spacial score (nSPS) is 20.5. The molecule has 0 radical (unpaired) electrons. The van der Waals surface area contributed by atoms with Gasteiger partial charge in [-0.15, -0.1) is 0 Å². The molecule has 1 unspecified atom stereocenters. The Morgan fingerprint density at radius 1 is 1.53 bits per heavy atom. The Kier molecular flexibility index (Phi) is 4.90. The summed E-state index contributed by atoms with van der Waals surface area (Å²) in [6, 6.07) is 3.15. The molecule has 0 aliphatic carbocycles. The summed E-state index contributed by atoms with van der Waals surface area (Å²) in [5.41, 5.74) is 0. The van der Waals surface area contributed by atoms with Crippen LogP contribution in [-0.2, 0) is 0 Å². The number of hydrogen-bond donors (Lipinski definition) is 1. The van der Waals surface area contributed by atoms with E-state index >= 15 is 0 Å². The monoisotopic (exact) mass is 271 g/mol. The summed E-state index contributed by atoms with van der Waals surface area (Å²) in [7, 11) is 2.13. The van der Waals surface area contributed by atoms with Gasteiger partial charge in [-0.3, -0.25) is 0 Å². The van der Waals surface area contributed by atoms with Crippen LogP contribution in [0.15, 0.2) is 18.3 Å². The van der Waals surface area contributed by atoms with Gasteiger partial charge in [-0.1, -0.05) is 0 Å². The van der Waals surface area contributed by atoms with Crippen LogP contribution in [0.3, 0.4) is 0 Å². The Morgan fingerprint density at radius 3 is 3.00 bits per heavy atom. The van der Waals surface area contributed by atoms with E-state index in [2.05, 4.69) is 27.0 Å². The van der Waals surface area contributed by atoms with Gasteiger partial charge in [0.2, 0.25) is 0 Å². The summed E-state index contributed by atoms with van der Waals surface area (Å²) in [6.45, 7) is 0.291. The van der Waals surface area contributed by atoms with Crippen LogP contribution >= 0.6 is 0 Å². The van der Waals surface area contributed by atoms with Crippen molar-refractivity contribution in [3.05, 3.63) is 18.3 Å². The highest BCUT2D eigenvalue weighted by atomic mass is 19.3. The van der Waals surface area contributed by atoms with Crippen LogP contribution in [0.1, 0.15) is 12.8 Å².